The molecule has 0 aromatic rings. The second-order valence-electron chi connectivity index (χ2n) is 3.17. The number of hydrogen-bond donors (Lipinski definition) is 1. The average molecular weight is 220 g/mol. The van der Waals surface area contributed by atoms with E-state index in [0.29, 0.717) is 13.2 Å². The molecule has 1 atom stereocenters. The van der Waals surface area contributed by atoms with Crippen molar-refractivity contribution in [1.82, 2.24) is 0 Å². The van der Waals surface area contributed by atoms with Gasteiger partial charge in [0.05, 0.1) is 11.9 Å². The third-order valence-electron chi connectivity index (χ3n) is 1.84. The molecule has 3 nitrogen and oxygen atoms in total. The fourth-order valence-corrected chi connectivity index (χ4v) is 1.24. The van der Waals surface area contributed by atoms with Crippen LogP contribution in [0.2, 0.25) is 0 Å². The molecule has 84 valence electrons. The molecule has 0 fully saturated rings. The summed E-state index contributed by atoms with van der Waals surface area (Å²) in [6.45, 7) is 3.14. The molecule has 0 amide bonds. The van der Waals surface area contributed by atoms with Gasteiger partial charge < -0.3 is 9.47 Å². The normalized spacial score (nSPS) is 12.5. The van der Waals surface area contributed by atoms with Gasteiger partial charge in [-0.15, -0.1) is 0 Å². The Morgan fingerprint density at radius 2 is 2.07 bits per heavy atom. The summed E-state index contributed by atoms with van der Waals surface area (Å²) in [6.07, 6.45) is 3.63. The third kappa shape index (κ3) is 7.21. The third-order valence-corrected chi connectivity index (χ3v) is 2.31. The standard InChI is InChI=1S/C10H20O3S/c1-3-4-6-9(14)10(11)13-8-5-7-12-2/h9,14H,3-8H2,1-2H3. The van der Waals surface area contributed by atoms with Crippen LogP contribution in [-0.2, 0) is 14.3 Å². The van der Waals surface area contributed by atoms with E-state index in [1.54, 1.807) is 7.11 Å². The van der Waals surface area contributed by atoms with Gasteiger partial charge in [0.1, 0.15) is 0 Å². The molecule has 14 heavy (non-hydrogen) atoms. The van der Waals surface area contributed by atoms with Gasteiger partial charge in [-0.05, 0) is 6.42 Å². The molecule has 0 aliphatic carbocycles. The molecule has 0 aliphatic heterocycles. The van der Waals surface area contributed by atoms with Crippen LogP contribution in [0.15, 0.2) is 0 Å². The average Bonchev–Trinajstić information content (AvgIpc) is 2.20. The summed E-state index contributed by atoms with van der Waals surface area (Å²) >= 11 is 4.18. The van der Waals surface area contributed by atoms with Crippen molar-refractivity contribution in [2.75, 3.05) is 20.3 Å². The first-order chi connectivity index (χ1) is 6.72. The Morgan fingerprint density at radius 3 is 2.64 bits per heavy atom. The Morgan fingerprint density at radius 1 is 1.36 bits per heavy atom. The van der Waals surface area contributed by atoms with Gasteiger partial charge in [-0.2, -0.15) is 12.6 Å². The van der Waals surface area contributed by atoms with E-state index in [9.17, 15) is 4.79 Å². The highest BCUT2D eigenvalue weighted by atomic mass is 32.1. The SMILES string of the molecule is CCCCC(S)C(=O)OCCCOC. The highest BCUT2D eigenvalue weighted by Gasteiger charge is 2.13. The van der Waals surface area contributed by atoms with Gasteiger partial charge >= 0.3 is 5.97 Å². The predicted molar refractivity (Wildman–Crippen MR) is 59.8 cm³/mol. The summed E-state index contributed by atoms with van der Waals surface area (Å²) in [5.41, 5.74) is 0. The van der Waals surface area contributed by atoms with Crippen molar-refractivity contribution >= 4 is 18.6 Å². The lowest BCUT2D eigenvalue weighted by Crippen LogP contribution is -2.19. The van der Waals surface area contributed by atoms with E-state index >= 15 is 0 Å². The van der Waals surface area contributed by atoms with E-state index in [1.807, 2.05) is 0 Å². The molecule has 0 N–H and O–H groups in total. The quantitative estimate of drug-likeness (QED) is 0.386. The summed E-state index contributed by atoms with van der Waals surface area (Å²) in [7, 11) is 1.63. The maximum atomic E-state index is 11.3. The molecular formula is C10H20O3S. The minimum atomic E-state index is -0.266. The lowest BCUT2D eigenvalue weighted by molar-refractivity contribution is -0.143. The van der Waals surface area contributed by atoms with Crippen molar-refractivity contribution in [3.8, 4) is 0 Å². The minimum absolute atomic E-state index is 0.210. The van der Waals surface area contributed by atoms with Crippen molar-refractivity contribution in [2.24, 2.45) is 0 Å². The molecule has 0 radical (unpaired) electrons. The van der Waals surface area contributed by atoms with Crippen molar-refractivity contribution in [3.05, 3.63) is 0 Å². The lowest BCUT2D eigenvalue weighted by Gasteiger charge is -2.09. The Balaban J connectivity index is 3.42. The van der Waals surface area contributed by atoms with Crippen LogP contribution in [0.5, 0.6) is 0 Å². The van der Waals surface area contributed by atoms with E-state index in [1.165, 1.54) is 0 Å². The second-order valence-corrected chi connectivity index (χ2v) is 3.80. The molecule has 0 heterocycles. The van der Waals surface area contributed by atoms with Gasteiger partial charge in [0.25, 0.3) is 0 Å². The monoisotopic (exact) mass is 220 g/mol. The van der Waals surface area contributed by atoms with E-state index in [4.69, 9.17) is 9.47 Å². The zero-order valence-electron chi connectivity index (χ0n) is 8.99. The zero-order chi connectivity index (χ0) is 10.8. The number of carbonyl (C=O) groups is 1. The molecule has 0 aromatic carbocycles. The number of esters is 1. The van der Waals surface area contributed by atoms with Crippen LogP contribution in [0.4, 0.5) is 0 Å². The molecule has 0 rings (SSSR count). The molecule has 0 bridgehead atoms. The van der Waals surface area contributed by atoms with Crippen LogP contribution in [0, 0.1) is 0 Å². The predicted octanol–water partition coefficient (Wildman–Crippen LogP) is 2.05. The van der Waals surface area contributed by atoms with Crippen molar-refractivity contribution in [1.29, 1.82) is 0 Å². The van der Waals surface area contributed by atoms with Gasteiger partial charge in [0.2, 0.25) is 0 Å². The van der Waals surface area contributed by atoms with Gasteiger partial charge in [-0.3, -0.25) is 4.79 Å². The van der Waals surface area contributed by atoms with Crippen molar-refractivity contribution < 1.29 is 14.3 Å². The van der Waals surface area contributed by atoms with Crippen LogP contribution in [0.3, 0.4) is 0 Å². The largest absolute Gasteiger partial charge is 0.465 e. The number of unbranched alkanes of at least 4 members (excludes halogenated alkanes) is 1. The van der Waals surface area contributed by atoms with E-state index in [2.05, 4.69) is 19.6 Å². The van der Waals surface area contributed by atoms with Crippen molar-refractivity contribution in [3.63, 3.8) is 0 Å². The minimum Gasteiger partial charge on any atom is -0.465 e. The first-order valence-corrected chi connectivity index (χ1v) is 5.57. The van der Waals surface area contributed by atoms with Crippen LogP contribution < -0.4 is 0 Å². The summed E-state index contributed by atoms with van der Waals surface area (Å²) in [6, 6.07) is 0. The Labute approximate surface area is 91.6 Å². The summed E-state index contributed by atoms with van der Waals surface area (Å²) in [5.74, 6) is -0.210. The molecular weight excluding hydrogens is 200 g/mol. The van der Waals surface area contributed by atoms with E-state index in [-0.39, 0.29) is 11.2 Å². The number of carbonyl (C=O) groups excluding carboxylic acids is 1. The summed E-state index contributed by atoms with van der Waals surface area (Å²) in [5, 5.41) is -0.266. The molecule has 0 aromatic heterocycles. The lowest BCUT2D eigenvalue weighted by atomic mass is 10.2. The maximum Gasteiger partial charge on any atom is 0.318 e. The van der Waals surface area contributed by atoms with Gasteiger partial charge in [0, 0.05) is 20.1 Å². The fourth-order valence-electron chi connectivity index (χ4n) is 0.988. The number of methoxy groups -OCH3 is 1. The van der Waals surface area contributed by atoms with Gasteiger partial charge in [-0.25, -0.2) is 0 Å². The Bertz CT molecular complexity index is 150. The number of thiol groups is 1. The molecule has 4 heteroatoms. The fraction of sp³-hybridized carbons (Fsp3) is 0.900. The number of ether oxygens (including phenoxy) is 2. The van der Waals surface area contributed by atoms with E-state index < -0.39 is 0 Å². The Kier molecular flexibility index (Phi) is 9.19. The first kappa shape index (κ1) is 13.8. The summed E-state index contributed by atoms with van der Waals surface area (Å²) < 4.78 is 9.85. The zero-order valence-corrected chi connectivity index (χ0v) is 9.89. The second kappa shape index (κ2) is 9.34. The summed E-state index contributed by atoms with van der Waals surface area (Å²) in [4.78, 5) is 11.3. The van der Waals surface area contributed by atoms with Crippen LogP contribution >= 0.6 is 12.6 Å². The highest BCUT2D eigenvalue weighted by Crippen LogP contribution is 2.08. The number of rotatable bonds is 8. The molecule has 0 saturated heterocycles. The molecule has 0 aliphatic rings. The van der Waals surface area contributed by atoms with E-state index in [0.717, 1.165) is 25.7 Å². The smallest absolute Gasteiger partial charge is 0.318 e. The number of hydrogen-bond acceptors (Lipinski definition) is 4. The maximum absolute atomic E-state index is 11.3. The molecule has 1 unspecified atom stereocenters. The van der Waals surface area contributed by atoms with Gasteiger partial charge in [-0.1, -0.05) is 19.8 Å². The van der Waals surface area contributed by atoms with Crippen LogP contribution in [0.25, 0.3) is 0 Å². The van der Waals surface area contributed by atoms with Crippen molar-refractivity contribution in [2.45, 2.75) is 37.9 Å². The first-order valence-electron chi connectivity index (χ1n) is 5.06. The van der Waals surface area contributed by atoms with Crippen LogP contribution in [0.1, 0.15) is 32.6 Å². The topological polar surface area (TPSA) is 35.5 Å². The molecule has 0 spiro atoms. The van der Waals surface area contributed by atoms with Crippen LogP contribution in [-0.4, -0.2) is 31.5 Å². The molecule has 0 saturated carbocycles. The highest BCUT2D eigenvalue weighted by molar-refractivity contribution is 7.81. The Hall–Kier alpha value is -0.220. The van der Waals surface area contributed by atoms with Gasteiger partial charge in [0.15, 0.2) is 0 Å².